The molecule has 3 nitrogen and oxygen atoms in total. The lowest BCUT2D eigenvalue weighted by molar-refractivity contribution is 0.314. The average Bonchev–Trinajstić information content (AvgIpc) is 2.95. The van der Waals surface area contributed by atoms with E-state index in [1.807, 2.05) is 30.3 Å². The zero-order valence-corrected chi connectivity index (χ0v) is 10.0. The second-order valence-corrected chi connectivity index (χ2v) is 4.98. The standard InChI is InChI=1S/C14H19N3/c15-14(11-5-2-1-3-6-11)16-12-8-10-17-9-4-7-13(12)17/h1-3,5-6,12-13H,4,7-10H2,(H2,15,16). The molecule has 2 heterocycles. The third-order valence-corrected chi connectivity index (χ3v) is 3.94. The molecule has 2 aliphatic rings. The molecule has 2 saturated heterocycles. The first-order chi connectivity index (χ1) is 8.34. The molecule has 0 radical (unpaired) electrons. The van der Waals surface area contributed by atoms with Gasteiger partial charge in [-0.05, 0) is 25.8 Å². The molecule has 0 aliphatic carbocycles. The molecule has 90 valence electrons. The molecule has 0 aromatic heterocycles. The predicted octanol–water partition coefficient (Wildman–Crippen LogP) is 1.63. The molecule has 2 N–H and O–H groups in total. The van der Waals surface area contributed by atoms with Gasteiger partial charge in [0.05, 0.1) is 6.04 Å². The first kappa shape index (κ1) is 10.8. The van der Waals surface area contributed by atoms with Crippen molar-refractivity contribution in [3.63, 3.8) is 0 Å². The van der Waals surface area contributed by atoms with Crippen LogP contribution in [0.5, 0.6) is 0 Å². The molecule has 0 saturated carbocycles. The number of rotatable bonds is 2. The Morgan fingerprint density at radius 1 is 1.18 bits per heavy atom. The molecule has 0 bridgehead atoms. The van der Waals surface area contributed by atoms with Gasteiger partial charge in [0.15, 0.2) is 0 Å². The van der Waals surface area contributed by atoms with E-state index in [1.54, 1.807) is 0 Å². The van der Waals surface area contributed by atoms with Crippen LogP contribution in [0.15, 0.2) is 35.3 Å². The van der Waals surface area contributed by atoms with Crippen molar-refractivity contribution in [2.45, 2.75) is 31.3 Å². The van der Waals surface area contributed by atoms with Gasteiger partial charge in [0.25, 0.3) is 0 Å². The van der Waals surface area contributed by atoms with Crippen LogP contribution >= 0.6 is 0 Å². The largest absolute Gasteiger partial charge is 0.383 e. The summed E-state index contributed by atoms with van der Waals surface area (Å²) in [5, 5.41) is 0. The Morgan fingerprint density at radius 2 is 2.00 bits per heavy atom. The van der Waals surface area contributed by atoms with Crippen molar-refractivity contribution in [3.05, 3.63) is 35.9 Å². The normalized spacial score (nSPS) is 29.5. The van der Waals surface area contributed by atoms with E-state index in [0.717, 1.165) is 12.0 Å². The topological polar surface area (TPSA) is 41.6 Å². The summed E-state index contributed by atoms with van der Waals surface area (Å²) in [5.41, 5.74) is 7.13. The lowest BCUT2D eigenvalue weighted by Crippen LogP contribution is -2.29. The number of nitrogens with zero attached hydrogens (tertiary/aromatic N) is 2. The maximum absolute atomic E-state index is 6.09. The molecule has 17 heavy (non-hydrogen) atoms. The number of benzene rings is 1. The van der Waals surface area contributed by atoms with E-state index in [4.69, 9.17) is 10.7 Å². The Hall–Kier alpha value is -1.35. The molecule has 2 unspecified atom stereocenters. The van der Waals surface area contributed by atoms with Gasteiger partial charge < -0.3 is 5.73 Å². The molecule has 0 spiro atoms. The van der Waals surface area contributed by atoms with Crippen LogP contribution in [0, 0.1) is 0 Å². The number of fused-ring (bicyclic) bond motifs is 1. The number of hydrogen-bond acceptors (Lipinski definition) is 2. The summed E-state index contributed by atoms with van der Waals surface area (Å²) in [6, 6.07) is 11.1. The van der Waals surface area contributed by atoms with Crippen molar-refractivity contribution in [2.24, 2.45) is 10.7 Å². The number of nitrogens with two attached hydrogens (primary N) is 1. The summed E-state index contributed by atoms with van der Waals surface area (Å²) in [4.78, 5) is 7.30. The Balaban J connectivity index is 1.77. The summed E-state index contributed by atoms with van der Waals surface area (Å²) in [5.74, 6) is 0.698. The molecule has 3 heteroatoms. The molecule has 3 rings (SSSR count). The number of aliphatic imine (C=N–C) groups is 1. The van der Waals surface area contributed by atoms with E-state index in [0.29, 0.717) is 17.9 Å². The summed E-state index contributed by atoms with van der Waals surface area (Å²) in [6.07, 6.45) is 3.77. The van der Waals surface area contributed by atoms with Crippen LogP contribution in [0.4, 0.5) is 0 Å². The Bertz CT molecular complexity index is 413. The third-order valence-electron chi connectivity index (χ3n) is 3.94. The number of amidine groups is 1. The van der Waals surface area contributed by atoms with Crippen LogP contribution in [0.1, 0.15) is 24.8 Å². The first-order valence-corrected chi connectivity index (χ1v) is 6.47. The highest BCUT2D eigenvalue weighted by Gasteiger charge is 2.36. The minimum Gasteiger partial charge on any atom is -0.383 e. The highest BCUT2D eigenvalue weighted by atomic mass is 15.2. The van der Waals surface area contributed by atoms with Gasteiger partial charge in [0, 0.05) is 18.2 Å². The molecule has 2 fully saturated rings. The first-order valence-electron chi connectivity index (χ1n) is 6.47. The van der Waals surface area contributed by atoms with Gasteiger partial charge in [-0.25, -0.2) is 0 Å². The van der Waals surface area contributed by atoms with E-state index >= 15 is 0 Å². The molecule has 1 aromatic rings. The lowest BCUT2D eigenvalue weighted by Gasteiger charge is -2.17. The fourth-order valence-corrected chi connectivity index (χ4v) is 3.07. The molecule has 0 amide bonds. The van der Waals surface area contributed by atoms with Crippen LogP contribution in [0.25, 0.3) is 0 Å². The van der Waals surface area contributed by atoms with Crippen molar-refractivity contribution >= 4 is 5.84 Å². The Kier molecular flexibility index (Phi) is 2.85. The maximum Gasteiger partial charge on any atom is 0.125 e. The second kappa shape index (κ2) is 4.49. The fourth-order valence-electron chi connectivity index (χ4n) is 3.07. The Labute approximate surface area is 102 Å². The van der Waals surface area contributed by atoms with E-state index < -0.39 is 0 Å². The summed E-state index contributed by atoms with van der Waals surface area (Å²) >= 11 is 0. The highest BCUT2D eigenvalue weighted by molar-refractivity contribution is 5.97. The SMILES string of the molecule is NC(=NC1CCN2CCCC12)c1ccccc1. The number of hydrogen-bond donors (Lipinski definition) is 1. The smallest absolute Gasteiger partial charge is 0.125 e. The summed E-state index contributed by atoms with van der Waals surface area (Å²) < 4.78 is 0. The van der Waals surface area contributed by atoms with Crippen LogP contribution < -0.4 is 5.73 Å². The zero-order valence-electron chi connectivity index (χ0n) is 10.0. The molecular formula is C14H19N3. The van der Waals surface area contributed by atoms with Crippen LogP contribution in [-0.4, -0.2) is 35.9 Å². The van der Waals surface area contributed by atoms with Crippen molar-refractivity contribution in [1.29, 1.82) is 0 Å². The summed E-state index contributed by atoms with van der Waals surface area (Å²) in [6.45, 7) is 2.45. The lowest BCUT2D eigenvalue weighted by atomic mass is 10.1. The molecule has 2 atom stereocenters. The minimum atomic E-state index is 0.415. The Morgan fingerprint density at radius 3 is 2.82 bits per heavy atom. The van der Waals surface area contributed by atoms with E-state index in [9.17, 15) is 0 Å². The highest BCUT2D eigenvalue weighted by Crippen LogP contribution is 2.30. The second-order valence-electron chi connectivity index (χ2n) is 4.98. The average molecular weight is 229 g/mol. The maximum atomic E-state index is 6.09. The fraction of sp³-hybridized carbons (Fsp3) is 0.500. The predicted molar refractivity (Wildman–Crippen MR) is 70.2 cm³/mol. The van der Waals surface area contributed by atoms with Gasteiger partial charge >= 0.3 is 0 Å². The van der Waals surface area contributed by atoms with Crippen molar-refractivity contribution in [2.75, 3.05) is 13.1 Å². The van der Waals surface area contributed by atoms with Crippen LogP contribution in [0.2, 0.25) is 0 Å². The van der Waals surface area contributed by atoms with Crippen LogP contribution in [0.3, 0.4) is 0 Å². The van der Waals surface area contributed by atoms with Gasteiger partial charge in [-0.3, -0.25) is 9.89 Å². The molecule has 2 aliphatic heterocycles. The van der Waals surface area contributed by atoms with Gasteiger partial charge in [0.2, 0.25) is 0 Å². The van der Waals surface area contributed by atoms with E-state index in [2.05, 4.69) is 4.90 Å². The van der Waals surface area contributed by atoms with Gasteiger partial charge in [-0.15, -0.1) is 0 Å². The van der Waals surface area contributed by atoms with Gasteiger partial charge in [0.1, 0.15) is 5.84 Å². The quantitative estimate of drug-likeness (QED) is 0.618. The van der Waals surface area contributed by atoms with Crippen molar-refractivity contribution in [3.8, 4) is 0 Å². The van der Waals surface area contributed by atoms with E-state index in [-0.39, 0.29) is 0 Å². The van der Waals surface area contributed by atoms with E-state index in [1.165, 1.54) is 25.9 Å². The van der Waals surface area contributed by atoms with Gasteiger partial charge in [-0.1, -0.05) is 30.3 Å². The van der Waals surface area contributed by atoms with Crippen molar-refractivity contribution < 1.29 is 0 Å². The molecular weight excluding hydrogens is 210 g/mol. The van der Waals surface area contributed by atoms with Crippen molar-refractivity contribution in [1.82, 2.24) is 4.90 Å². The third kappa shape index (κ3) is 2.07. The molecule has 1 aromatic carbocycles. The zero-order chi connectivity index (χ0) is 11.7. The van der Waals surface area contributed by atoms with Gasteiger partial charge in [-0.2, -0.15) is 0 Å². The monoisotopic (exact) mass is 229 g/mol. The van der Waals surface area contributed by atoms with Crippen LogP contribution in [-0.2, 0) is 0 Å². The summed E-state index contributed by atoms with van der Waals surface area (Å²) in [7, 11) is 0. The minimum absolute atomic E-state index is 0.415.